The zero-order valence-electron chi connectivity index (χ0n) is 8.54. The van der Waals surface area contributed by atoms with Crippen molar-refractivity contribution in [2.75, 3.05) is 0 Å². The highest BCUT2D eigenvalue weighted by Gasteiger charge is 2.06. The fourth-order valence-electron chi connectivity index (χ4n) is 1.73. The lowest BCUT2D eigenvalue weighted by atomic mass is 10.1. The van der Waals surface area contributed by atoms with Gasteiger partial charge in [-0.25, -0.2) is 0 Å². The van der Waals surface area contributed by atoms with Gasteiger partial charge in [0, 0.05) is 23.2 Å². The Bertz CT molecular complexity index is 661. The normalized spacial score (nSPS) is 21.6. The number of benzene rings is 1. The monoisotopic (exact) mass is 207 g/mol. The summed E-state index contributed by atoms with van der Waals surface area (Å²) in [5.74, 6) is 0. The molecule has 0 fully saturated rings. The minimum absolute atomic E-state index is 0.881. The van der Waals surface area contributed by atoms with Gasteiger partial charge in [0.05, 0.1) is 5.36 Å². The molecule has 0 amide bonds. The lowest BCUT2D eigenvalue weighted by Gasteiger charge is -1.98. The Morgan fingerprint density at radius 1 is 0.938 bits per heavy atom. The van der Waals surface area contributed by atoms with E-state index in [4.69, 9.17) is 0 Å². The van der Waals surface area contributed by atoms with Gasteiger partial charge in [-0.15, -0.1) is 5.11 Å². The van der Waals surface area contributed by atoms with Crippen LogP contribution in [0.25, 0.3) is 12.2 Å². The summed E-state index contributed by atoms with van der Waals surface area (Å²) in [6.45, 7) is 0. The molecule has 3 rings (SSSR count). The van der Waals surface area contributed by atoms with Crippen LogP contribution in [-0.2, 0) is 0 Å². The Hall–Kier alpha value is -2.29. The zero-order chi connectivity index (χ0) is 10.8. The molecule has 0 bridgehead atoms. The number of nitrogens with zero attached hydrogens (tertiary/aromatic N) is 3. The molecule has 3 nitrogen and oxygen atoms in total. The molecule has 0 aliphatic carbocycles. The zero-order valence-corrected chi connectivity index (χ0v) is 8.54. The molecule has 3 heteroatoms. The van der Waals surface area contributed by atoms with Crippen molar-refractivity contribution in [3.63, 3.8) is 0 Å². The summed E-state index contributed by atoms with van der Waals surface area (Å²) in [6.07, 6.45) is 13.2. The van der Waals surface area contributed by atoms with Crippen LogP contribution in [0.4, 0.5) is 5.69 Å². The highest BCUT2D eigenvalue weighted by molar-refractivity contribution is 5.67. The number of hydrogen-bond donors (Lipinski definition) is 0. The van der Waals surface area contributed by atoms with Crippen molar-refractivity contribution in [3.8, 4) is 0 Å². The number of fused-ring (bicyclic) bond motifs is 3. The van der Waals surface area contributed by atoms with Gasteiger partial charge in [0.2, 0.25) is 0 Å². The quantitative estimate of drug-likeness (QED) is 0.625. The van der Waals surface area contributed by atoms with Crippen LogP contribution < -0.4 is 10.6 Å². The van der Waals surface area contributed by atoms with Gasteiger partial charge in [0.25, 0.3) is 0 Å². The Morgan fingerprint density at radius 3 is 2.94 bits per heavy atom. The predicted octanol–water partition coefficient (Wildman–Crippen LogP) is 2.24. The van der Waals surface area contributed by atoms with Gasteiger partial charge in [-0.3, -0.25) is 4.99 Å². The summed E-state index contributed by atoms with van der Waals surface area (Å²) < 4.78 is 0. The summed E-state index contributed by atoms with van der Waals surface area (Å²) >= 11 is 0. The molecule has 0 saturated carbocycles. The maximum atomic E-state index is 4.25. The van der Waals surface area contributed by atoms with E-state index in [1.54, 1.807) is 12.4 Å². The third kappa shape index (κ3) is 1.42. The van der Waals surface area contributed by atoms with Gasteiger partial charge in [0.15, 0.2) is 0 Å². The first-order valence-corrected chi connectivity index (χ1v) is 5.07. The first-order chi connectivity index (χ1) is 7.95. The highest BCUT2D eigenvalue weighted by Crippen LogP contribution is 2.15. The molecule has 0 spiro atoms. The Balaban J connectivity index is 2.38. The second kappa shape index (κ2) is 3.70. The van der Waals surface area contributed by atoms with Gasteiger partial charge >= 0.3 is 0 Å². The molecule has 2 heterocycles. The third-order valence-electron chi connectivity index (χ3n) is 2.49. The summed E-state index contributed by atoms with van der Waals surface area (Å²) in [7, 11) is 0. The molecule has 0 radical (unpaired) electrons. The molecule has 0 unspecified atom stereocenters. The average molecular weight is 207 g/mol. The fraction of sp³-hybridized carbons (Fsp3) is 0. The number of azo groups is 1. The minimum atomic E-state index is 0.881. The van der Waals surface area contributed by atoms with Crippen LogP contribution in [-0.4, -0.2) is 0 Å². The number of allylic oxidation sites excluding steroid dienone is 3. The molecule has 2 aliphatic rings. The Morgan fingerprint density at radius 2 is 1.94 bits per heavy atom. The van der Waals surface area contributed by atoms with Crippen LogP contribution in [0.5, 0.6) is 0 Å². The average Bonchev–Trinajstić information content (AvgIpc) is 2.80. The van der Waals surface area contributed by atoms with Gasteiger partial charge in [0.1, 0.15) is 5.69 Å². The molecular weight excluding hydrogens is 198 g/mol. The maximum Gasteiger partial charge on any atom is 0.102 e. The first kappa shape index (κ1) is 8.97. The van der Waals surface area contributed by atoms with Gasteiger partial charge in [-0.2, -0.15) is 5.11 Å². The lowest BCUT2D eigenvalue weighted by molar-refractivity contribution is 1.20. The smallest absolute Gasteiger partial charge is 0.102 e. The molecule has 0 atom stereocenters. The molecular formula is C13H9N3. The standard InChI is InChI=1S/C13H9N3/c1-2-4-10-5-6-12-11(7-9-14-12)13(10)16-15-8-3-1/h1-9H/b2-1-,3-1?,4-2?,8-3-,10-4-,15-8?,16-13?,16-15?. The second-order valence-electron chi connectivity index (χ2n) is 3.49. The molecule has 0 N–H and O–H groups in total. The van der Waals surface area contributed by atoms with Gasteiger partial charge in [-0.05, 0) is 18.2 Å². The van der Waals surface area contributed by atoms with E-state index in [2.05, 4.69) is 15.2 Å². The van der Waals surface area contributed by atoms with Crippen molar-refractivity contribution in [1.29, 1.82) is 0 Å². The third-order valence-corrected chi connectivity index (χ3v) is 2.49. The summed E-state index contributed by atoms with van der Waals surface area (Å²) in [5, 5.41) is 10.3. The van der Waals surface area contributed by atoms with E-state index in [9.17, 15) is 0 Å². The van der Waals surface area contributed by atoms with E-state index >= 15 is 0 Å². The minimum Gasteiger partial charge on any atom is -0.256 e. The van der Waals surface area contributed by atoms with E-state index in [0.29, 0.717) is 0 Å². The van der Waals surface area contributed by atoms with Gasteiger partial charge < -0.3 is 0 Å². The predicted molar refractivity (Wildman–Crippen MR) is 63.5 cm³/mol. The molecule has 1 aromatic rings. The summed E-state index contributed by atoms with van der Waals surface area (Å²) in [5.41, 5.74) is 1.92. The molecule has 76 valence electrons. The molecule has 0 aromatic heterocycles. The Labute approximate surface area is 92.6 Å². The summed E-state index contributed by atoms with van der Waals surface area (Å²) in [4.78, 5) is 4.25. The van der Waals surface area contributed by atoms with Crippen LogP contribution in [0.15, 0.2) is 58.0 Å². The van der Waals surface area contributed by atoms with E-state index in [1.165, 1.54) is 0 Å². The topological polar surface area (TPSA) is 37.1 Å². The summed E-state index contributed by atoms with van der Waals surface area (Å²) in [6, 6.07) is 4.01. The van der Waals surface area contributed by atoms with E-state index < -0.39 is 0 Å². The lowest BCUT2D eigenvalue weighted by Crippen LogP contribution is -2.11. The Kier molecular flexibility index (Phi) is 2.07. The van der Waals surface area contributed by atoms with E-state index in [0.717, 1.165) is 21.8 Å². The van der Waals surface area contributed by atoms with Crippen LogP contribution in [0.3, 0.4) is 0 Å². The van der Waals surface area contributed by atoms with E-state index in [-0.39, 0.29) is 0 Å². The number of hydrogen-bond acceptors (Lipinski definition) is 3. The SMILES string of the molecule is C1=Cc2c3\c(ccc2=N1)=C/C=C\C=C/N=N3. The highest BCUT2D eigenvalue weighted by atomic mass is 15.1. The molecule has 2 aliphatic heterocycles. The maximum absolute atomic E-state index is 4.25. The second-order valence-corrected chi connectivity index (χ2v) is 3.49. The molecule has 1 aromatic carbocycles. The van der Waals surface area contributed by atoms with Crippen molar-refractivity contribution >= 4 is 17.8 Å². The van der Waals surface area contributed by atoms with Crippen LogP contribution >= 0.6 is 0 Å². The van der Waals surface area contributed by atoms with Crippen molar-refractivity contribution in [1.82, 2.24) is 0 Å². The first-order valence-electron chi connectivity index (χ1n) is 5.07. The van der Waals surface area contributed by atoms with Crippen molar-refractivity contribution in [3.05, 3.63) is 58.9 Å². The number of rotatable bonds is 0. The van der Waals surface area contributed by atoms with Crippen LogP contribution in [0, 0.1) is 0 Å². The van der Waals surface area contributed by atoms with E-state index in [1.807, 2.05) is 42.5 Å². The fourth-order valence-corrected chi connectivity index (χ4v) is 1.73. The van der Waals surface area contributed by atoms with Gasteiger partial charge in [-0.1, -0.05) is 24.3 Å². The van der Waals surface area contributed by atoms with Crippen molar-refractivity contribution in [2.45, 2.75) is 0 Å². The molecule has 0 saturated heterocycles. The largest absolute Gasteiger partial charge is 0.256 e. The van der Waals surface area contributed by atoms with Crippen LogP contribution in [0.1, 0.15) is 5.56 Å². The van der Waals surface area contributed by atoms with Crippen molar-refractivity contribution in [2.24, 2.45) is 15.2 Å². The van der Waals surface area contributed by atoms with Crippen LogP contribution in [0.2, 0.25) is 0 Å². The van der Waals surface area contributed by atoms with Crippen molar-refractivity contribution < 1.29 is 0 Å². The molecule has 16 heavy (non-hydrogen) atoms.